The van der Waals surface area contributed by atoms with Gasteiger partial charge in [0.1, 0.15) is 16.9 Å². The number of nitrogens with zero attached hydrogens (tertiary/aromatic N) is 6. The lowest BCUT2D eigenvalue weighted by Crippen LogP contribution is -2.54. The van der Waals surface area contributed by atoms with Gasteiger partial charge in [-0.1, -0.05) is 0 Å². The molecule has 108 valence electrons. The highest BCUT2D eigenvalue weighted by Gasteiger charge is 2.30. The molecule has 1 aliphatic heterocycles. The van der Waals surface area contributed by atoms with Gasteiger partial charge in [-0.05, 0) is 26.0 Å². The van der Waals surface area contributed by atoms with Crippen LogP contribution in [0.3, 0.4) is 0 Å². The maximum atomic E-state index is 9.21. The Morgan fingerprint density at radius 2 is 1.81 bits per heavy atom. The fourth-order valence-electron chi connectivity index (χ4n) is 2.59. The molecule has 0 bridgehead atoms. The van der Waals surface area contributed by atoms with Gasteiger partial charge in [0.25, 0.3) is 0 Å². The maximum absolute atomic E-state index is 9.21. The second kappa shape index (κ2) is 5.26. The Balaban J connectivity index is 1.75. The van der Waals surface area contributed by atoms with Crippen molar-refractivity contribution < 1.29 is 0 Å². The number of hydrogen-bond donors (Lipinski definition) is 0. The van der Waals surface area contributed by atoms with E-state index in [4.69, 9.17) is 0 Å². The van der Waals surface area contributed by atoms with Crippen molar-refractivity contribution >= 4 is 17.0 Å². The number of fused-ring (bicyclic) bond motifs is 1. The summed E-state index contributed by atoms with van der Waals surface area (Å²) in [6.45, 7) is 7.38. The second-order valence-corrected chi connectivity index (χ2v) is 5.71. The third-order valence-corrected chi connectivity index (χ3v) is 3.98. The van der Waals surface area contributed by atoms with Crippen LogP contribution in [0.4, 0.5) is 5.82 Å². The van der Waals surface area contributed by atoms with Crippen LogP contribution in [-0.2, 0) is 0 Å². The van der Waals surface area contributed by atoms with E-state index in [-0.39, 0.29) is 0 Å². The highest BCUT2D eigenvalue weighted by molar-refractivity contribution is 5.71. The van der Waals surface area contributed by atoms with Gasteiger partial charge in [-0.25, -0.2) is 9.97 Å². The molecular formula is C15H18N6. The first kappa shape index (κ1) is 13.7. The van der Waals surface area contributed by atoms with Gasteiger partial charge in [0, 0.05) is 38.6 Å². The van der Waals surface area contributed by atoms with E-state index in [9.17, 15) is 5.26 Å². The summed E-state index contributed by atoms with van der Waals surface area (Å²) in [7, 11) is 0. The standard InChI is InChI=1S/C15H18N6/c1-15(2,11-16)21-9-7-20(8-10-21)13-4-3-12-14(19-13)18-6-5-17-12/h3-6H,7-10H2,1-2H3. The van der Waals surface area contributed by atoms with E-state index >= 15 is 0 Å². The minimum Gasteiger partial charge on any atom is -0.354 e. The Morgan fingerprint density at radius 1 is 1.10 bits per heavy atom. The molecule has 0 saturated carbocycles. The van der Waals surface area contributed by atoms with Crippen molar-refractivity contribution in [1.29, 1.82) is 5.26 Å². The molecule has 0 radical (unpaired) electrons. The largest absolute Gasteiger partial charge is 0.354 e. The van der Waals surface area contributed by atoms with E-state index in [2.05, 4.69) is 30.8 Å². The Kier molecular flexibility index (Phi) is 3.43. The molecule has 0 amide bonds. The van der Waals surface area contributed by atoms with E-state index < -0.39 is 5.54 Å². The summed E-state index contributed by atoms with van der Waals surface area (Å²) in [5, 5.41) is 9.21. The van der Waals surface area contributed by atoms with Gasteiger partial charge in [-0.2, -0.15) is 5.26 Å². The Labute approximate surface area is 124 Å². The summed E-state index contributed by atoms with van der Waals surface area (Å²) in [6, 6.07) is 6.31. The number of piperazine rings is 1. The minimum absolute atomic E-state index is 0.408. The van der Waals surface area contributed by atoms with Crippen molar-refractivity contribution in [3.8, 4) is 6.07 Å². The summed E-state index contributed by atoms with van der Waals surface area (Å²) in [4.78, 5) is 17.5. The van der Waals surface area contributed by atoms with Crippen molar-refractivity contribution in [2.24, 2.45) is 0 Å². The molecule has 0 spiro atoms. The van der Waals surface area contributed by atoms with Crippen molar-refractivity contribution in [2.45, 2.75) is 19.4 Å². The molecule has 6 nitrogen and oxygen atoms in total. The predicted octanol–water partition coefficient (Wildman–Crippen LogP) is 1.45. The first-order chi connectivity index (χ1) is 10.1. The SMILES string of the molecule is CC(C)(C#N)N1CCN(c2ccc3nccnc3n2)CC1. The molecule has 0 atom stereocenters. The Morgan fingerprint density at radius 3 is 2.52 bits per heavy atom. The summed E-state index contributed by atoms with van der Waals surface area (Å²) in [6.07, 6.45) is 3.33. The Bertz CT molecular complexity index is 682. The van der Waals surface area contributed by atoms with E-state index in [0.29, 0.717) is 5.65 Å². The lowest BCUT2D eigenvalue weighted by atomic mass is 10.0. The molecule has 6 heteroatoms. The van der Waals surface area contributed by atoms with Gasteiger partial charge < -0.3 is 4.90 Å². The molecule has 1 fully saturated rings. The molecule has 0 N–H and O–H groups in total. The van der Waals surface area contributed by atoms with Gasteiger partial charge in [-0.3, -0.25) is 9.88 Å². The molecule has 1 saturated heterocycles. The highest BCUT2D eigenvalue weighted by atomic mass is 15.3. The molecule has 0 aromatic carbocycles. The summed E-state index contributed by atoms with van der Waals surface area (Å²) < 4.78 is 0. The van der Waals surface area contributed by atoms with Crippen LogP contribution >= 0.6 is 0 Å². The first-order valence-corrected chi connectivity index (χ1v) is 7.09. The third kappa shape index (κ3) is 2.65. The number of rotatable bonds is 2. The minimum atomic E-state index is -0.408. The van der Waals surface area contributed by atoms with Crippen molar-refractivity contribution in [3.63, 3.8) is 0 Å². The monoisotopic (exact) mass is 282 g/mol. The van der Waals surface area contributed by atoms with Crippen LogP contribution in [0.2, 0.25) is 0 Å². The van der Waals surface area contributed by atoms with E-state index in [1.165, 1.54) is 0 Å². The van der Waals surface area contributed by atoms with Gasteiger partial charge in [-0.15, -0.1) is 0 Å². The van der Waals surface area contributed by atoms with E-state index in [1.807, 2.05) is 26.0 Å². The van der Waals surface area contributed by atoms with Crippen molar-refractivity contribution in [3.05, 3.63) is 24.5 Å². The lowest BCUT2D eigenvalue weighted by Gasteiger charge is -2.40. The predicted molar refractivity (Wildman–Crippen MR) is 80.8 cm³/mol. The molecule has 0 unspecified atom stereocenters. The molecule has 3 heterocycles. The Hall–Kier alpha value is -2.26. The van der Waals surface area contributed by atoms with Crippen LogP contribution in [0, 0.1) is 11.3 Å². The quantitative estimate of drug-likeness (QED) is 0.830. The molecule has 0 aliphatic carbocycles. The van der Waals surface area contributed by atoms with Crippen LogP contribution in [0.15, 0.2) is 24.5 Å². The van der Waals surface area contributed by atoms with Gasteiger partial charge in [0.05, 0.1) is 6.07 Å². The zero-order valence-corrected chi connectivity index (χ0v) is 12.3. The maximum Gasteiger partial charge on any atom is 0.180 e. The normalized spacial score (nSPS) is 16.9. The molecule has 2 aromatic rings. The van der Waals surface area contributed by atoms with Crippen molar-refractivity contribution in [2.75, 3.05) is 31.1 Å². The zero-order valence-electron chi connectivity index (χ0n) is 12.3. The average Bonchev–Trinajstić information content (AvgIpc) is 2.54. The van der Waals surface area contributed by atoms with E-state index in [1.54, 1.807) is 12.4 Å². The van der Waals surface area contributed by atoms with Crippen LogP contribution in [0.25, 0.3) is 11.2 Å². The van der Waals surface area contributed by atoms with Crippen LogP contribution in [0.1, 0.15) is 13.8 Å². The number of anilines is 1. The highest BCUT2D eigenvalue weighted by Crippen LogP contribution is 2.20. The third-order valence-electron chi connectivity index (χ3n) is 3.98. The van der Waals surface area contributed by atoms with Gasteiger partial charge in [0.15, 0.2) is 5.65 Å². The lowest BCUT2D eigenvalue weighted by molar-refractivity contribution is 0.158. The second-order valence-electron chi connectivity index (χ2n) is 5.71. The summed E-state index contributed by atoms with van der Waals surface area (Å²) in [5.74, 6) is 0.928. The number of aromatic nitrogens is 3. The molecule has 1 aliphatic rings. The van der Waals surface area contributed by atoms with Crippen molar-refractivity contribution in [1.82, 2.24) is 19.9 Å². The van der Waals surface area contributed by atoms with Gasteiger partial charge in [0.2, 0.25) is 0 Å². The topological polar surface area (TPSA) is 68.9 Å². The zero-order chi connectivity index (χ0) is 14.9. The fourth-order valence-corrected chi connectivity index (χ4v) is 2.59. The van der Waals surface area contributed by atoms with Gasteiger partial charge >= 0.3 is 0 Å². The van der Waals surface area contributed by atoms with Crippen LogP contribution < -0.4 is 4.90 Å². The molecular weight excluding hydrogens is 264 g/mol. The average molecular weight is 282 g/mol. The number of pyridine rings is 1. The van der Waals surface area contributed by atoms with Crippen LogP contribution in [0.5, 0.6) is 0 Å². The molecule has 21 heavy (non-hydrogen) atoms. The van der Waals surface area contributed by atoms with Crippen LogP contribution in [-0.4, -0.2) is 51.6 Å². The number of nitriles is 1. The number of hydrogen-bond acceptors (Lipinski definition) is 6. The fraction of sp³-hybridized carbons (Fsp3) is 0.467. The summed E-state index contributed by atoms with van der Waals surface area (Å²) >= 11 is 0. The first-order valence-electron chi connectivity index (χ1n) is 7.09. The van der Waals surface area contributed by atoms with E-state index in [0.717, 1.165) is 37.5 Å². The molecule has 2 aromatic heterocycles. The smallest absolute Gasteiger partial charge is 0.180 e. The molecule has 3 rings (SSSR count). The summed E-state index contributed by atoms with van der Waals surface area (Å²) in [5.41, 5.74) is 1.08.